The van der Waals surface area contributed by atoms with Crippen molar-refractivity contribution >= 4 is 5.91 Å². The molecule has 0 spiro atoms. The molecular weight excluding hydrogens is 226 g/mol. The van der Waals surface area contributed by atoms with Crippen LogP contribution in [0.15, 0.2) is 0 Å². The van der Waals surface area contributed by atoms with Crippen LogP contribution in [0.3, 0.4) is 0 Å². The van der Waals surface area contributed by atoms with E-state index in [2.05, 4.69) is 10.2 Å². The zero-order valence-electron chi connectivity index (χ0n) is 11.5. The van der Waals surface area contributed by atoms with Gasteiger partial charge in [-0.05, 0) is 45.2 Å². The Labute approximate surface area is 110 Å². The molecule has 0 bridgehead atoms. The van der Waals surface area contributed by atoms with Crippen LogP contribution in [-0.2, 0) is 4.79 Å². The molecule has 104 valence electrons. The lowest BCUT2D eigenvalue weighted by Crippen LogP contribution is -2.48. The summed E-state index contributed by atoms with van der Waals surface area (Å²) in [5.74, 6) is 0.787. The lowest BCUT2D eigenvalue weighted by Gasteiger charge is -2.28. The molecule has 1 saturated heterocycles. The third-order valence-electron chi connectivity index (χ3n) is 4.53. The van der Waals surface area contributed by atoms with Gasteiger partial charge in [0.15, 0.2) is 0 Å². The first-order valence-electron chi connectivity index (χ1n) is 7.45. The fraction of sp³-hybridized carbons (Fsp3) is 0.929. The normalized spacial score (nSPS) is 28.2. The standard InChI is InChI=1S/C14H27N3O/c1-11(17-8-7-12(9-15)10-17)14(18)16-13-5-3-2-4-6-13/h11-13H,2-10,15H2,1H3,(H,16,18). The minimum atomic E-state index is 0.00322. The highest BCUT2D eigenvalue weighted by Gasteiger charge is 2.29. The van der Waals surface area contributed by atoms with E-state index in [9.17, 15) is 4.79 Å². The van der Waals surface area contributed by atoms with Crippen LogP contribution in [-0.4, -0.2) is 42.5 Å². The number of nitrogens with zero attached hydrogens (tertiary/aromatic N) is 1. The van der Waals surface area contributed by atoms with Crippen molar-refractivity contribution in [1.29, 1.82) is 0 Å². The molecule has 1 heterocycles. The largest absolute Gasteiger partial charge is 0.352 e. The van der Waals surface area contributed by atoms with Gasteiger partial charge in [0.25, 0.3) is 0 Å². The maximum atomic E-state index is 12.2. The monoisotopic (exact) mass is 253 g/mol. The molecule has 18 heavy (non-hydrogen) atoms. The zero-order chi connectivity index (χ0) is 13.0. The highest BCUT2D eigenvalue weighted by molar-refractivity contribution is 5.81. The number of hydrogen-bond acceptors (Lipinski definition) is 3. The molecule has 2 fully saturated rings. The van der Waals surface area contributed by atoms with E-state index < -0.39 is 0 Å². The van der Waals surface area contributed by atoms with Gasteiger partial charge >= 0.3 is 0 Å². The number of hydrogen-bond donors (Lipinski definition) is 2. The molecule has 2 atom stereocenters. The van der Waals surface area contributed by atoms with E-state index in [0.717, 1.165) is 38.9 Å². The quantitative estimate of drug-likeness (QED) is 0.789. The minimum absolute atomic E-state index is 0.00322. The predicted octanol–water partition coefficient (Wildman–Crippen LogP) is 1.10. The maximum absolute atomic E-state index is 12.2. The van der Waals surface area contributed by atoms with Crippen molar-refractivity contribution in [2.24, 2.45) is 11.7 Å². The molecule has 3 N–H and O–H groups in total. The Morgan fingerprint density at radius 3 is 2.67 bits per heavy atom. The molecule has 2 unspecified atom stereocenters. The summed E-state index contributed by atoms with van der Waals surface area (Å²) in [5.41, 5.74) is 5.69. The Bertz CT molecular complexity index is 276. The summed E-state index contributed by atoms with van der Waals surface area (Å²) < 4.78 is 0. The zero-order valence-corrected chi connectivity index (χ0v) is 11.5. The second-order valence-corrected chi connectivity index (χ2v) is 5.90. The smallest absolute Gasteiger partial charge is 0.237 e. The van der Waals surface area contributed by atoms with Crippen molar-refractivity contribution in [1.82, 2.24) is 10.2 Å². The molecule has 0 radical (unpaired) electrons. The fourth-order valence-electron chi connectivity index (χ4n) is 3.14. The molecular formula is C14H27N3O. The molecule has 4 nitrogen and oxygen atoms in total. The summed E-state index contributed by atoms with van der Waals surface area (Å²) in [4.78, 5) is 14.5. The SMILES string of the molecule is CC(C(=O)NC1CCCCC1)N1CCC(CN)C1. The van der Waals surface area contributed by atoms with Gasteiger partial charge in [0.2, 0.25) is 5.91 Å². The summed E-state index contributed by atoms with van der Waals surface area (Å²) in [7, 11) is 0. The number of amides is 1. The summed E-state index contributed by atoms with van der Waals surface area (Å²) >= 11 is 0. The Balaban J connectivity index is 1.77. The lowest BCUT2D eigenvalue weighted by atomic mass is 9.95. The molecule has 1 aliphatic heterocycles. The van der Waals surface area contributed by atoms with E-state index in [-0.39, 0.29) is 11.9 Å². The number of nitrogens with two attached hydrogens (primary N) is 1. The van der Waals surface area contributed by atoms with Crippen molar-refractivity contribution in [3.8, 4) is 0 Å². The van der Waals surface area contributed by atoms with Crippen molar-refractivity contribution in [3.05, 3.63) is 0 Å². The van der Waals surface area contributed by atoms with Gasteiger partial charge in [0, 0.05) is 12.6 Å². The van der Waals surface area contributed by atoms with Crippen LogP contribution in [0.5, 0.6) is 0 Å². The van der Waals surface area contributed by atoms with Gasteiger partial charge in [-0.2, -0.15) is 0 Å². The molecule has 2 aliphatic rings. The van der Waals surface area contributed by atoms with Crippen LogP contribution in [0.2, 0.25) is 0 Å². The summed E-state index contributed by atoms with van der Waals surface area (Å²) in [6.45, 7) is 4.77. The highest BCUT2D eigenvalue weighted by Crippen LogP contribution is 2.20. The van der Waals surface area contributed by atoms with E-state index >= 15 is 0 Å². The van der Waals surface area contributed by atoms with Crippen LogP contribution >= 0.6 is 0 Å². The predicted molar refractivity (Wildman–Crippen MR) is 73.2 cm³/mol. The molecule has 1 aliphatic carbocycles. The Kier molecular flexibility index (Phi) is 5.01. The van der Waals surface area contributed by atoms with Gasteiger partial charge in [-0.15, -0.1) is 0 Å². The molecule has 2 rings (SSSR count). The fourth-order valence-corrected chi connectivity index (χ4v) is 3.14. The van der Waals surface area contributed by atoms with Crippen LogP contribution in [0.25, 0.3) is 0 Å². The first-order valence-corrected chi connectivity index (χ1v) is 7.45. The third-order valence-corrected chi connectivity index (χ3v) is 4.53. The van der Waals surface area contributed by atoms with Gasteiger partial charge in [-0.3, -0.25) is 9.69 Å². The summed E-state index contributed by atoms with van der Waals surface area (Å²) in [6, 6.07) is 0.421. The van der Waals surface area contributed by atoms with Crippen molar-refractivity contribution in [2.75, 3.05) is 19.6 Å². The highest BCUT2D eigenvalue weighted by atomic mass is 16.2. The first kappa shape index (κ1) is 13.8. The number of likely N-dealkylation sites (tertiary alicyclic amines) is 1. The number of nitrogens with one attached hydrogen (secondary N) is 1. The van der Waals surface area contributed by atoms with Crippen LogP contribution in [0.4, 0.5) is 0 Å². The Morgan fingerprint density at radius 2 is 2.06 bits per heavy atom. The van der Waals surface area contributed by atoms with Gasteiger partial charge in [-0.1, -0.05) is 19.3 Å². The van der Waals surface area contributed by atoms with E-state index in [1.54, 1.807) is 0 Å². The molecule has 0 aromatic rings. The topological polar surface area (TPSA) is 58.4 Å². The minimum Gasteiger partial charge on any atom is -0.352 e. The van der Waals surface area contributed by atoms with Crippen molar-refractivity contribution in [3.63, 3.8) is 0 Å². The molecule has 1 amide bonds. The van der Waals surface area contributed by atoms with Gasteiger partial charge in [0.05, 0.1) is 6.04 Å². The van der Waals surface area contributed by atoms with Crippen molar-refractivity contribution in [2.45, 2.75) is 57.5 Å². The Hall–Kier alpha value is -0.610. The van der Waals surface area contributed by atoms with Crippen molar-refractivity contribution < 1.29 is 4.79 Å². The second kappa shape index (κ2) is 6.53. The van der Waals surface area contributed by atoms with Crippen LogP contribution in [0.1, 0.15) is 45.4 Å². The van der Waals surface area contributed by atoms with E-state index in [4.69, 9.17) is 5.73 Å². The number of rotatable bonds is 4. The van der Waals surface area contributed by atoms with Crippen LogP contribution in [0, 0.1) is 5.92 Å². The average Bonchev–Trinajstić information content (AvgIpc) is 2.87. The Morgan fingerprint density at radius 1 is 1.33 bits per heavy atom. The van der Waals surface area contributed by atoms with Crippen LogP contribution < -0.4 is 11.1 Å². The molecule has 1 saturated carbocycles. The maximum Gasteiger partial charge on any atom is 0.237 e. The summed E-state index contributed by atoms with van der Waals surface area (Å²) in [5, 5.41) is 3.22. The second-order valence-electron chi connectivity index (χ2n) is 5.90. The summed E-state index contributed by atoms with van der Waals surface area (Å²) in [6.07, 6.45) is 7.30. The van der Waals surface area contributed by atoms with Gasteiger partial charge in [-0.25, -0.2) is 0 Å². The van der Waals surface area contributed by atoms with Gasteiger partial charge in [0.1, 0.15) is 0 Å². The van der Waals surface area contributed by atoms with Gasteiger partial charge < -0.3 is 11.1 Å². The molecule has 0 aromatic carbocycles. The average molecular weight is 253 g/mol. The van der Waals surface area contributed by atoms with E-state index in [1.165, 1.54) is 19.3 Å². The molecule has 0 aromatic heterocycles. The third kappa shape index (κ3) is 3.45. The van der Waals surface area contributed by atoms with E-state index in [0.29, 0.717) is 12.0 Å². The number of carbonyl (C=O) groups is 1. The molecule has 4 heteroatoms. The van der Waals surface area contributed by atoms with E-state index in [1.807, 2.05) is 6.92 Å². The lowest BCUT2D eigenvalue weighted by molar-refractivity contribution is -0.126. The number of carbonyl (C=O) groups excluding carboxylic acids is 1. The first-order chi connectivity index (χ1) is 8.70.